The van der Waals surface area contributed by atoms with Gasteiger partial charge in [-0.2, -0.15) is 4.98 Å². The van der Waals surface area contributed by atoms with E-state index < -0.39 is 6.36 Å². The summed E-state index contributed by atoms with van der Waals surface area (Å²) in [7, 11) is 0. The number of anilines is 2. The molecule has 164 valence electrons. The first kappa shape index (κ1) is 22.4. The predicted octanol–water partition coefficient (Wildman–Crippen LogP) is 6.17. The lowest BCUT2D eigenvalue weighted by molar-refractivity contribution is -0.274. The summed E-state index contributed by atoms with van der Waals surface area (Å²) in [5.41, 5.74) is 2.91. The van der Waals surface area contributed by atoms with Gasteiger partial charge in [-0.1, -0.05) is 42.0 Å². The molecular formula is C23H25F3N4O. The van der Waals surface area contributed by atoms with Crippen LogP contribution in [0.15, 0.2) is 54.6 Å². The Bertz CT molecular complexity index is 1030. The molecule has 2 N–H and O–H groups in total. The largest absolute Gasteiger partial charge is 0.573 e. The molecule has 0 unspecified atom stereocenters. The standard InChI is InChI=1S/C23H25F3N4O/c1-15-8-10-16(11-9-15)14-27-20-13-19(28-21(29-20)30-22(2,3)4)17-6-5-7-18(12-17)31-23(24,25)26/h5-13H,14H2,1-4H3,(H2,27,28,29,30). The molecule has 0 radical (unpaired) electrons. The van der Waals surface area contributed by atoms with Crippen LogP contribution in [0.25, 0.3) is 11.3 Å². The van der Waals surface area contributed by atoms with Crippen molar-refractivity contribution in [1.29, 1.82) is 0 Å². The lowest BCUT2D eigenvalue weighted by Gasteiger charge is -2.21. The molecule has 1 heterocycles. The van der Waals surface area contributed by atoms with Gasteiger partial charge in [-0.25, -0.2) is 4.98 Å². The maximum Gasteiger partial charge on any atom is 0.573 e. The average Bonchev–Trinajstić information content (AvgIpc) is 2.65. The van der Waals surface area contributed by atoms with Crippen LogP contribution < -0.4 is 15.4 Å². The molecule has 1 aromatic heterocycles. The highest BCUT2D eigenvalue weighted by Gasteiger charge is 2.31. The normalized spacial score (nSPS) is 11.8. The number of hydrogen-bond acceptors (Lipinski definition) is 5. The van der Waals surface area contributed by atoms with Crippen LogP contribution in [0.3, 0.4) is 0 Å². The highest BCUT2D eigenvalue weighted by molar-refractivity contribution is 5.66. The number of benzene rings is 2. The Labute approximate surface area is 179 Å². The van der Waals surface area contributed by atoms with Crippen molar-refractivity contribution in [2.75, 3.05) is 10.6 Å². The number of aromatic nitrogens is 2. The summed E-state index contributed by atoms with van der Waals surface area (Å²) in [5, 5.41) is 6.48. The molecule has 3 aromatic rings. The van der Waals surface area contributed by atoms with Gasteiger partial charge in [0.25, 0.3) is 0 Å². The zero-order valence-electron chi connectivity index (χ0n) is 17.8. The van der Waals surface area contributed by atoms with Crippen LogP contribution in [-0.4, -0.2) is 21.9 Å². The van der Waals surface area contributed by atoms with E-state index in [4.69, 9.17) is 0 Å². The van der Waals surface area contributed by atoms with Crippen LogP contribution in [0.4, 0.5) is 24.9 Å². The van der Waals surface area contributed by atoms with E-state index in [-0.39, 0.29) is 11.3 Å². The third-order valence-corrected chi connectivity index (χ3v) is 4.17. The van der Waals surface area contributed by atoms with Gasteiger partial charge in [0.05, 0.1) is 5.69 Å². The lowest BCUT2D eigenvalue weighted by Crippen LogP contribution is -2.27. The summed E-state index contributed by atoms with van der Waals surface area (Å²) in [6.07, 6.45) is -4.76. The average molecular weight is 430 g/mol. The maximum atomic E-state index is 12.6. The quantitative estimate of drug-likeness (QED) is 0.490. The van der Waals surface area contributed by atoms with E-state index in [2.05, 4.69) is 25.3 Å². The second kappa shape index (κ2) is 8.83. The number of ether oxygens (including phenoxy) is 1. The molecule has 0 spiro atoms. The Morgan fingerprint density at radius 2 is 1.65 bits per heavy atom. The number of hydrogen-bond donors (Lipinski definition) is 2. The molecule has 0 saturated carbocycles. The number of rotatable bonds is 6. The molecule has 0 aliphatic rings. The van der Waals surface area contributed by atoms with Crippen LogP contribution in [0.2, 0.25) is 0 Å². The maximum absolute atomic E-state index is 12.6. The molecule has 0 bridgehead atoms. The smallest absolute Gasteiger partial charge is 0.406 e. The number of nitrogens with one attached hydrogen (secondary N) is 2. The Balaban J connectivity index is 1.91. The van der Waals surface area contributed by atoms with Crippen molar-refractivity contribution in [3.05, 3.63) is 65.7 Å². The Morgan fingerprint density at radius 3 is 2.29 bits per heavy atom. The molecule has 2 aromatic carbocycles. The van der Waals surface area contributed by atoms with E-state index in [9.17, 15) is 13.2 Å². The molecule has 0 amide bonds. The number of aryl methyl sites for hydroxylation is 1. The number of alkyl halides is 3. The molecular weight excluding hydrogens is 405 g/mol. The zero-order valence-corrected chi connectivity index (χ0v) is 17.8. The molecule has 8 heteroatoms. The Hall–Kier alpha value is -3.29. The van der Waals surface area contributed by atoms with E-state index >= 15 is 0 Å². The van der Waals surface area contributed by atoms with Crippen molar-refractivity contribution in [2.24, 2.45) is 0 Å². The monoisotopic (exact) mass is 430 g/mol. The van der Waals surface area contributed by atoms with Gasteiger partial charge in [0.1, 0.15) is 11.6 Å². The first-order valence-electron chi connectivity index (χ1n) is 9.80. The third kappa shape index (κ3) is 7.16. The number of halogens is 3. The summed E-state index contributed by atoms with van der Waals surface area (Å²) < 4.78 is 41.9. The van der Waals surface area contributed by atoms with Crippen molar-refractivity contribution in [3.63, 3.8) is 0 Å². The van der Waals surface area contributed by atoms with Gasteiger partial charge in [-0.05, 0) is 45.4 Å². The molecule has 0 saturated heterocycles. The summed E-state index contributed by atoms with van der Waals surface area (Å²) in [5.74, 6) is 0.626. The van der Waals surface area contributed by atoms with Gasteiger partial charge >= 0.3 is 6.36 Å². The van der Waals surface area contributed by atoms with Crippen molar-refractivity contribution < 1.29 is 17.9 Å². The predicted molar refractivity (Wildman–Crippen MR) is 116 cm³/mol. The van der Waals surface area contributed by atoms with Gasteiger partial charge in [-0.3, -0.25) is 0 Å². The van der Waals surface area contributed by atoms with Crippen LogP contribution >= 0.6 is 0 Å². The molecule has 31 heavy (non-hydrogen) atoms. The highest BCUT2D eigenvalue weighted by atomic mass is 19.4. The van der Waals surface area contributed by atoms with Gasteiger partial charge in [0.15, 0.2) is 0 Å². The highest BCUT2D eigenvalue weighted by Crippen LogP contribution is 2.29. The second-order valence-corrected chi connectivity index (χ2v) is 8.25. The van der Waals surface area contributed by atoms with E-state index in [0.29, 0.717) is 29.6 Å². The minimum Gasteiger partial charge on any atom is -0.406 e. The van der Waals surface area contributed by atoms with Crippen LogP contribution in [0.1, 0.15) is 31.9 Å². The topological polar surface area (TPSA) is 59.1 Å². The summed E-state index contributed by atoms with van der Waals surface area (Å²) >= 11 is 0. The summed E-state index contributed by atoms with van der Waals surface area (Å²) in [6, 6.07) is 15.5. The summed E-state index contributed by atoms with van der Waals surface area (Å²) in [6.45, 7) is 8.48. The fourth-order valence-electron chi connectivity index (χ4n) is 2.83. The molecule has 0 aliphatic heterocycles. The van der Waals surface area contributed by atoms with Gasteiger partial charge < -0.3 is 15.4 Å². The van der Waals surface area contributed by atoms with Gasteiger partial charge in [-0.15, -0.1) is 13.2 Å². The molecule has 0 fully saturated rings. The number of nitrogens with zero attached hydrogens (tertiary/aromatic N) is 2. The third-order valence-electron chi connectivity index (χ3n) is 4.17. The fourth-order valence-corrected chi connectivity index (χ4v) is 2.83. The van der Waals surface area contributed by atoms with Crippen LogP contribution in [-0.2, 0) is 6.54 Å². The van der Waals surface area contributed by atoms with E-state index in [1.54, 1.807) is 12.1 Å². The van der Waals surface area contributed by atoms with Crippen molar-refractivity contribution in [3.8, 4) is 17.0 Å². The second-order valence-electron chi connectivity index (χ2n) is 8.25. The van der Waals surface area contributed by atoms with Crippen molar-refractivity contribution in [1.82, 2.24) is 9.97 Å². The van der Waals surface area contributed by atoms with Gasteiger partial charge in [0, 0.05) is 23.7 Å². The van der Waals surface area contributed by atoms with Crippen LogP contribution in [0.5, 0.6) is 5.75 Å². The minimum atomic E-state index is -4.76. The SMILES string of the molecule is Cc1ccc(CNc2cc(-c3cccc(OC(F)(F)F)c3)nc(NC(C)(C)C)n2)cc1. The minimum absolute atomic E-state index is 0.298. The first-order chi connectivity index (χ1) is 14.5. The van der Waals surface area contributed by atoms with E-state index in [0.717, 1.165) is 5.56 Å². The zero-order chi connectivity index (χ0) is 22.6. The van der Waals surface area contributed by atoms with E-state index in [1.807, 2.05) is 52.0 Å². The van der Waals surface area contributed by atoms with Crippen molar-refractivity contribution in [2.45, 2.75) is 46.1 Å². The van der Waals surface area contributed by atoms with E-state index in [1.165, 1.54) is 23.8 Å². The van der Waals surface area contributed by atoms with Crippen molar-refractivity contribution >= 4 is 11.8 Å². The molecule has 0 aliphatic carbocycles. The van der Waals surface area contributed by atoms with Gasteiger partial charge in [0.2, 0.25) is 5.95 Å². The molecule has 0 atom stereocenters. The molecule has 3 rings (SSSR count). The van der Waals surface area contributed by atoms with Crippen LogP contribution in [0, 0.1) is 6.92 Å². The fraction of sp³-hybridized carbons (Fsp3) is 0.304. The lowest BCUT2D eigenvalue weighted by atomic mass is 10.1. The Kier molecular flexibility index (Phi) is 6.38. The Morgan fingerprint density at radius 1 is 0.935 bits per heavy atom. The summed E-state index contributed by atoms with van der Waals surface area (Å²) in [4.78, 5) is 9.01. The molecule has 5 nitrogen and oxygen atoms in total. The first-order valence-corrected chi connectivity index (χ1v) is 9.80.